The highest BCUT2D eigenvalue weighted by Gasteiger charge is 2.41. The van der Waals surface area contributed by atoms with Crippen molar-refractivity contribution in [1.82, 2.24) is 5.54 Å². The van der Waals surface area contributed by atoms with E-state index in [1.807, 2.05) is 12.1 Å². The summed E-state index contributed by atoms with van der Waals surface area (Å²) in [4.78, 5) is 11.9. The molecule has 0 aliphatic heterocycles. The Morgan fingerprint density at radius 2 is 1.54 bits per heavy atom. The molecule has 1 atom stereocenters. The second-order valence-electron chi connectivity index (χ2n) is 9.35. The van der Waals surface area contributed by atoms with Crippen molar-refractivity contribution in [3.8, 4) is 11.5 Å². The Bertz CT molecular complexity index is 706. The number of nitrogens with one attached hydrogen (secondary N) is 1. The Morgan fingerprint density at radius 1 is 1.00 bits per heavy atom. The summed E-state index contributed by atoms with van der Waals surface area (Å²) in [5.41, 5.74) is 9.52. The van der Waals surface area contributed by atoms with E-state index in [0.717, 1.165) is 17.5 Å². The summed E-state index contributed by atoms with van der Waals surface area (Å²) in [6.07, 6.45) is 0.958. The predicted octanol–water partition coefficient (Wildman–Crippen LogP) is 6.56. The molecular weight excluding hydrogens is 365 g/mol. The maximum Gasteiger partial charge on any atom is 0.254 e. The molecule has 0 heterocycles. The lowest BCUT2D eigenvalue weighted by molar-refractivity contribution is -0.126. The van der Waals surface area contributed by atoms with Gasteiger partial charge in [-0.3, -0.25) is 4.79 Å². The van der Waals surface area contributed by atoms with Crippen LogP contribution >= 0.6 is 0 Å². The first kappa shape index (κ1) is 24.4. The third-order valence-corrected chi connectivity index (χ3v) is 12.3. The number of hydrogen-bond donors (Lipinski definition) is 1. The standard InChI is InChI=1S/C24H38FNOSi/c1-16(2)14-21-10-11-23(20(9)24(27)26-25)22(15-21)12-13-28(17(3)4,18(5)6)19(7)8/h10-11,15-20H,14H2,1-9H3,(H,26,27). The van der Waals surface area contributed by atoms with Gasteiger partial charge in [0.05, 0.1) is 5.92 Å². The summed E-state index contributed by atoms with van der Waals surface area (Å²) in [5, 5.41) is 0. The summed E-state index contributed by atoms with van der Waals surface area (Å²) < 4.78 is 12.8. The SMILES string of the molecule is CC(C)Cc1ccc(C(C)C(=O)NF)c(C#C[Si](C(C)C)(C(C)C)C(C)C)c1. The van der Waals surface area contributed by atoms with Crippen LogP contribution in [0.2, 0.25) is 16.6 Å². The molecule has 1 unspecified atom stereocenters. The fourth-order valence-corrected chi connectivity index (χ4v) is 9.74. The smallest absolute Gasteiger partial charge is 0.254 e. The van der Waals surface area contributed by atoms with Gasteiger partial charge in [0.25, 0.3) is 5.91 Å². The molecule has 1 rings (SSSR count). The number of carbonyl (C=O) groups excluding carboxylic acids is 1. The van der Waals surface area contributed by atoms with E-state index >= 15 is 0 Å². The van der Waals surface area contributed by atoms with Crippen LogP contribution < -0.4 is 5.54 Å². The lowest BCUT2D eigenvalue weighted by Crippen LogP contribution is -2.43. The summed E-state index contributed by atoms with van der Waals surface area (Å²) in [6.45, 7) is 19.8. The van der Waals surface area contributed by atoms with E-state index in [2.05, 4.69) is 72.9 Å². The van der Waals surface area contributed by atoms with E-state index in [0.29, 0.717) is 22.5 Å². The minimum absolute atomic E-state index is 0.536. The summed E-state index contributed by atoms with van der Waals surface area (Å²) in [5.74, 6) is 2.82. The number of rotatable bonds is 7. The van der Waals surface area contributed by atoms with Gasteiger partial charge in [0, 0.05) is 5.56 Å². The van der Waals surface area contributed by atoms with Crippen molar-refractivity contribution in [2.75, 3.05) is 0 Å². The van der Waals surface area contributed by atoms with Crippen LogP contribution in [0.25, 0.3) is 0 Å². The highest BCUT2D eigenvalue weighted by Crippen LogP contribution is 2.41. The molecule has 0 aliphatic rings. The third kappa shape index (κ3) is 5.47. The van der Waals surface area contributed by atoms with Crippen LogP contribution in [0.5, 0.6) is 0 Å². The Kier molecular flexibility index (Phi) is 8.95. The Hall–Kier alpha value is -1.60. The molecule has 1 amide bonds. The van der Waals surface area contributed by atoms with Gasteiger partial charge < -0.3 is 0 Å². The molecule has 1 N–H and O–H groups in total. The highest BCUT2D eigenvalue weighted by atomic mass is 28.3. The third-order valence-electron chi connectivity index (χ3n) is 5.99. The number of benzene rings is 1. The molecule has 1 aromatic carbocycles. The largest absolute Gasteiger partial charge is 0.272 e. The normalized spacial score (nSPS) is 13.1. The topological polar surface area (TPSA) is 29.1 Å². The average molecular weight is 404 g/mol. The minimum atomic E-state index is -1.89. The lowest BCUT2D eigenvalue weighted by atomic mass is 9.92. The zero-order valence-corrected chi connectivity index (χ0v) is 20.1. The molecule has 0 spiro atoms. The van der Waals surface area contributed by atoms with E-state index in [1.54, 1.807) is 6.92 Å². The first-order valence-corrected chi connectivity index (χ1v) is 12.8. The van der Waals surface area contributed by atoms with E-state index < -0.39 is 19.9 Å². The fourth-order valence-electron chi connectivity index (χ4n) is 4.52. The molecule has 0 saturated carbocycles. The maximum absolute atomic E-state index is 12.8. The molecule has 2 nitrogen and oxygen atoms in total. The van der Waals surface area contributed by atoms with Gasteiger partial charge in [0.15, 0.2) is 0 Å². The quantitative estimate of drug-likeness (QED) is 0.312. The average Bonchev–Trinajstić information content (AvgIpc) is 2.59. The summed E-state index contributed by atoms with van der Waals surface area (Å²) in [7, 11) is -1.89. The molecule has 0 aliphatic carbocycles. The van der Waals surface area contributed by atoms with Crippen molar-refractivity contribution in [3.05, 3.63) is 34.9 Å². The Labute approximate surface area is 172 Å². The van der Waals surface area contributed by atoms with Crippen LogP contribution in [0.4, 0.5) is 4.48 Å². The number of halogens is 1. The number of amides is 1. The van der Waals surface area contributed by atoms with Crippen molar-refractivity contribution in [3.63, 3.8) is 0 Å². The monoisotopic (exact) mass is 403 g/mol. The molecule has 0 bridgehead atoms. The zero-order chi connectivity index (χ0) is 21.6. The first-order chi connectivity index (χ1) is 13.0. The van der Waals surface area contributed by atoms with Crippen molar-refractivity contribution in [2.24, 2.45) is 5.92 Å². The minimum Gasteiger partial charge on any atom is -0.272 e. The molecule has 4 heteroatoms. The van der Waals surface area contributed by atoms with Crippen LogP contribution in [-0.2, 0) is 11.2 Å². The van der Waals surface area contributed by atoms with Crippen molar-refractivity contribution >= 4 is 14.0 Å². The molecule has 28 heavy (non-hydrogen) atoms. The van der Waals surface area contributed by atoms with E-state index in [1.165, 1.54) is 11.1 Å². The summed E-state index contributed by atoms with van der Waals surface area (Å²) in [6, 6.07) is 6.09. The highest BCUT2D eigenvalue weighted by molar-refractivity contribution is 6.90. The maximum atomic E-state index is 12.8. The van der Waals surface area contributed by atoms with Crippen LogP contribution in [0.1, 0.15) is 84.9 Å². The zero-order valence-electron chi connectivity index (χ0n) is 19.1. The number of carbonyl (C=O) groups is 1. The van der Waals surface area contributed by atoms with Crippen LogP contribution in [0.15, 0.2) is 18.2 Å². The molecule has 0 aromatic heterocycles. The van der Waals surface area contributed by atoms with Crippen LogP contribution in [-0.4, -0.2) is 14.0 Å². The van der Waals surface area contributed by atoms with Gasteiger partial charge in [-0.25, -0.2) is 0 Å². The predicted molar refractivity (Wildman–Crippen MR) is 121 cm³/mol. The Balaban J connectivity index is 3.59. The van der Waals surface area contributed by atoms with Gasteiger partial charge in [-0.05, 0) is 53.1 Å². The van der Waals surface area contributed by atoms with Crippen molar-refractivity contribution in [1.29, 1.82) is 0 Å². The molecule has 1 aromatic rings. The second kappa shape index (κ2) is 10.3. The second-order valence-corrected chi connectivity index (χ2v) is 14.9. The van der Waals surface area contributed by atoms with Crippen molar-refractivity contribution in [2.45, 2.75) is 91.3 Å². The van der Waals surface area contributed by atoms with Gasteiger partial charge in [0.2, 0.25) is 0 Å². The molecular formula is C24H38FNOSi. The summed E-state index contributed by atoms with van der Waals surface area (Å²) >= 11 is 0. The van der Waals surface area contributed by atoms with Gasteiger partial charge in [-0.15, -0.1) is 10.0 Å². The number of hydrogen-bond acceptors (Lipinski definition) is 1. The molecule has 0 radical (unpaired) electrons. The van der Waals surface area contributed by atoms with E-state index in [9.17, 15) is 9.28 Å². The van der Waals surface area contributed by atoms with Gasteiger partial charge in [-0.2, -0.15) is 5.54 Å². The molecule has 0 saturated heterocycles. The molecule has 156 valence electrons. The fraction of sp³-hybridized carbons (Fsp3) is 0.625. The first-order valence-electron chi connectivity index (χ1n) is 10.5. The molecule has 0 fully saturated rings. The Morgan fingerprint density at radius 3 is 1.96 bits per heavy atom. The van der Waals surface area contributed by atoms with E-state index in [4.69, 9.17) is 0 Å². The van der Waals surface area contributed by atoms with Gasteiger partial charge in [-0.1, -0.05) is 73.4 Å². The van der Waals surface area contributed by atoms with Gasteiger partial charge in [0.1, 0.15) is 8.07 Å². The van der Waals surface area contributed by atoms with Crippen LogP contribution in [0.3, 0.4) is 0 Å². The van der Waals surface area contributed by atoms with E-state index in [-0.39, 0.29) is 0 Å². The van der Waals surface area contributed by atoms with Crippen LogP contribution in [0, 0.1) is 17.4 Å². The lowest BCUT2D eigenvalue weighted by Gasteiger charge is -2.38. The van der Waals surface area contributed by atoms with Gasteiger partial charge >= 0.3 is 0 Å². The van der Waals surface area contributed by atoms with Crippen molar-refractivity contribution < 1.29 is 9.28 Å².